The minimum atomic E-state index is -0.173. The zero-order valence-corrected chi connectivity index (χ0v) is 18.4. The van der Waals surface area contributed by atoms with Crippen LogP contribution in [-0.2, 0) is 0 Å². The minimum Gasteiger partial charge on any atom is -0.494 e. The Kier molecular flexibility index (Phi) is 6.35. The summed E-state index contributed by atoms with van der Waals surface area (Å²) < 4.78 is 8.09. The van der Waals surface area contributed by atoms with Crippen LogP contribution in [0.15, 0.2) is 42.5 Å². The van der Waals surface area contributed by atoms with E-state index in [4.69, 9.17) is 10.5 Å². The van der Waals surface area contributed by atoms with Crippen LogP contribution in [0.3, 0.4) is 0 Å². The van der Waals surface area contributed by atoms with Gasteiger partial charge in [0, 0.05) is 29.2 Å². The molecule has 1 heterocycles. The molecule has 1 aliphatic rings. The Labute approximate surface area is 183 Å². The van der Waals surface area contributed by atoms with Gasteiger partial charge in [-0.3, -0.25) is 0 Å². The maximum atomic E-state index is 12.0. The van der Waals surface area contributed by atoms with Crippen molar-refractivity contribution in [1.82, 2.24) is 9.88 Å². The van der Waals surface area contributed by atoms with Gasteiger partial charge in [0.15, 0.2) is 0 Å². The first-order valence-electron chi connectivity index (χ1n) is 11.3. The number of hydrogen-bond acceptors (Lipinski definition) is 3. The van der Waals surface area contributed by atoms with Crippen molar-refractivity contribution in [1.29, 1.82) is 0 Å². The fourth-order valence-corrected chi connectivity index (χ4v) is 4.16. The van der Waals surface area contributed by atoms with Gasteiger partial charge in [-0.1, -0.05) is 25.5 Å². The van der Waals surface area contributed by atoms with E-state index in [1.165, 1.54) is 19.3 Å². The summed E-state index contributed by atoms with van der Waals surface area (Å²) in [7, 11) is 0. The average molecular weight is 421 g/mol. The fourth-order valence-electron chi connectivity index (χ4n) is 4.16. The third kappa shape index (κ3) is 4.33. The van der Waals surface area contributed by atoms with Gasteiger partial charge >= 0.3 is 6.03 Å². The number of carbonyl (C=O) groups excluding carboxylic acids is 1. The molecule has 1 saturated carbocycles. The van der Waals surface area contributed by atoms with Crippen LogP contribution in [0, 0.1) is 0 Å². The third-order valence-electron chi connectivity index (χ3n) is 6.00. The summed E-state index contributed by atoms with van der Waals surface area (Å²) in [5, 5.41) is 6.80. The number of benzene rings is 2. The first kappa shape index (κ1) is 21.1. The van der Waals surface area contributed by atoms with Crippen LogP contribution in [-0.4, -0.2) is 23.7 Å². The molecule has 4 rings (SSSR count). The maximum Gasteiger partial charge on any atom is 0.319 e. The van der Waals surface area contributed by atoms with Gasteiger partial charge in [0.05, 0.1) is 23.5 Å². The van der Waals surface area contributed by atoms with Crippen molar-refractivity contribution in [3.63, 3.8) is 0 Å². The maximum absolute atomic E-state index is 12.0. The van der Waals surface area contributed by atoms with Gasteiger partial charge in [-0.25, -0.2) is 4.79 Å². The number of anilines is 2. The molecule has 3 aromatic rings. The van der Waals surface area contributed by atoms with E-state index in [2.05, 4.69) is 28.2 Å². The molecule has 0 spiro atoms. The van der Waals surface area contributed by atoms with E-state index in [1.54, 1.807) is 0 Å². The normalized spacial score (nSPS) is 13.7. The summed E-state index contributed by atoms with van der Waals surface area (Å²) in [5.74, 6) is 0.840. The van der Waals surface area contributed by atoms with E-state index < -0.39 is 0 Å². The lowest BCUT2D eigenvalue weighted by Gasteiger charge is -2.30. The fraction of sp³-hybridized carbons (Fsp3) is 0.400. The summed E-state index contributed by atoms with van der Waals surface area (Å²) in [6.45, 7) is 5.40. The smallest absolute Gasteiger partial charge is 0.319 e. The second kappa shape index (κ2) is 9.33. The molecule has 2 aromatic carbocycles. The number of unbranched alkanes of at least 4 members (excludes halogenated alkanes) is 1. The van der Waals surface area contributed by atoms with Crippen LogP contribution in [0.4, 0.5) is 16.2 Å². The SMILES string of the molecule is CCCCNC(=O)Nc1ccc(-c2c(N)c3cc(OCC)ccc3n2C2CCC2)cc1. The van der Waals surface area contributed by atoms with Gasteiger partial charge in [0.1, 0.15) is 5.75 Å². The topological polar surface area (TPSA) is 81.3 Å². The van der Waals surface area contributed by atoms with Crippen LogP contribution >= 0.6 is 0 Å². The molecule has 6 heteroatoms. The number of amides is 2. The Balaban J connectivity index is 1.65. The van der Waals surface area contributed by atoms with Crippen LogP contribution in [0.1, 0.15) is 52.0 Å². The van der Waals surface area contributed by atoms with Crippen molar-refractivity contribution in [2.75, 3.05) is 24.2 Å². The molecule has 0 saturated heterocycles. The summed E-state index contributed by atoms with van der Waals surface area (Å²) in [4.78, 5) is 12.0. The number of fused-ring (bicyclic) bond motifs is 1. The van der Waals surface area contributed by atoms with E-state index in [0.717, 1.165) is 52.1 Å². The standard InChI is InChI=1S/C25H32N4O2/c1-3-5-15-27-25(30)28-18-11-9-17(10-12-18)24-23(26)21-16-20(31-4-2)13-14-22(21)29(24)19-7-6-8-19/h9-14,16,19H,3-8,15,26H2,1-2H3,(H2,27,28,30). The summed E-state index contributed by atoms with van der Waals surface area (Å²) in [5.41, 5.74) is 11.5. The first-order valence-corrected chi connectivity index (χ1v) is 11.3. The van der Waals surface area contributed by atoms with E-state index in [9.17, 15) is 4.79 Å². The molecule has 6 nitrogen and oxygen atoms in total. The number of aromatic nitrogens is 1. The van der Waals surface area contributed by atoms with Gasteiger partial charge in [-0.15, -0.1) is 0 Å². The van der Waals surface area contributed by atoms with Gasteiger partial charge in [-0.05, 0) is 62.9 Å². The van der Waals surface area contributed by atoms with Crippen molar-refractivity contribution in [3.05, 3.63) is 42.5 Å². The number of nitrogens with two attached hydrogens (primary N) is 1. The summed E-state index contributed by atoms with van der Waals surface area (Å²) >= 11 is 0. The largest absolute Gasteiger partial charge is 0.494 e. The lowest BCUT2D eigenvalue weighted by atomic mass is 9.92. The zero-order valence-electron chi connectivity index (χ0n) is 18.4. The molecule has 0 atom stereocenters. The number of urea groups is 1. The Morgan fingerprint density at radius 1 is 1.16 bits per heavy atom. The van der Waals surface area contributed by atoms with Gasteiger partial charge in [0.2, 0.25) is 0 Å². The zero-order chi connectivity index (χ0) is 21.8. The second-order valence-electron chi connectivity index (χ2n) is 8.14. The summed E-state index contributed by atoms with van der Waals surface area (Å²) in [6, 6.07) is 14.4. The molecule has 1 aliphatic carbocycles. The van der Waals surface area contributed by atoms with Crippen molar-refractivity contribution < 1.29 is 9.53 Å². The molecular formula is C25H32N4O2. The number of nitrogens with one attached hydrogen (secondary N) is 2. The second-order valence-corrected chi connectivity index (χ2v) is 8.14. The van der Waals surface area contributed by atoms with E-state index >= 15 is 0 Å². The minimum absolute atomic E-state index is 0.173. The Morgan fingerprint density at radius 2 is 1.94 bits per heavy atom. The number of rotatable bonds is 8. The monoisotopic (exact) mass is 420 g/mol. The molecule has 4 N–H and O–H groups in total. The highest BCUT2D eigenvalue weighted by atomic mass is 16.5. The Bertz CT molecular complexity index is 1050. The average Bonchev–Trinajstić information content (AvgIpc) is 3.00. The van der Waals surface area contributed by atoms with Crippen molar-refractivity contribution >= 4 is 28.3 Å². The van der Waals surface area contributed by atoms with Crippen LogP contribution in [0.25, 0.3) is 22.2 Å². The van der Waals surface area contributed by atoms with Crippen LogP contribution < -0.4 is 21.1 Å². The third-order valence-corrected chi connectivity index (χ3v) is 6.00. The molecule has 0 bridgehead atoms. The molecule has 0 aliphatic heterocycles. The highest BCUT2D eigenvalue weighted by molar-refractivity contribution is 6.02. The van der Waals surface area contributed by atoms with E-state index in [-0.39, 0.29) is 6.03 Å². The number of nitrogen functional groups attached to an aromatic ring is 1. The number of hydrogen-bond donors (Lipinski definition) is 3. The predicted molar refractivity (Wildman–Crippen MR) is 128 cm³/mol. The molecule has 2 amide bonds. The quantitative estimate of drug-likeness (QED) is 0.395. The van der Waals surface area contributed by atoms with Crippen molar-refractivity contribution in [2.24, 2.45) is 0 Å². The molecule has 31 heavy (non-hydrogen) atoms. The van der Waals surface area contributed by atoms with E-state index in [0.29, 0.717) is 19.2 Å². The summed E-state index contributed by atoms with van der Waals surface area (Å²) in [6.07, 6.45) is 5.61. The Morgan fingerprint density at radius 3 is 2.58 bits per heavy atom. The molecule has 164 valence electrons. The molecular weight excluding hydrogens is 388 g/mol. The number of nitrogens with zero attached hydrogens (tertiary/aromatic N) is 1. The molecule has 1 aromatic heterocycles. The van der Waals surface area contributed by atoms with Crippen molar-refractivity contribution in [2.45, 2.75) is 52.0 Å². The predicted octanol–water partition coefficient (Wildman–Crippen LogP) is 5.94. The van der Waals surface area contributed by atoms with Crippen LogP contribution in [0.2, 0.25) is 0 Å². The van der Waals surface area contributed by atoms with E-state index in [1.807, 2.05) is 43.3 Å². The van der Waals surface area contributed by atoms with Gasteiger partial charge in [0.25, 0.3) is 0 Å². The lowest BCUT2D eigenvalue weighted by molar-refractivity contribution is 0.252. The lowest BCUT2D eigenvalue weighted by Crippen LogP contribution is -2.29. The molecule has 1 fully saturated rings. The van der Waals surface area contributed by atoms with Gasteiger partial charge < -0.3 is 25.7 Å². The highest BCUT2D eigenvalue weighted by Gasteiger charge is 2.27. The number of ether oxygens (including phenoxy) is 1. The highest BCUT2D eigenvalue weighted by Crippen LogP contribution is 2.44. The van der Waals surface area contributed by atoms with Crippen molar-refractivity contribution in [3.8, 4) is 17.0 Å². The van der Waals surface area contributed by atoms with Crippen LogP contribution in [0.5, 0.6) is 5.75 Å². The Hall–Kier alpha value is -3.15. The molecule has 0 unspecified atom stereocenters. The van der Waals surface area contributed by atoms with Gasteiger partial charge in [-0.2, -0.15) is 0 Å². The first-order chi connectivity index (χ1) is 15.1. The number of carbonyl (C=O) groups is 1. The molecule has 0 radical (unpaired) electrons.